The molecule has 0 fully saturated rings. The molecule has 7 heteroatoms. The zero-order valence-electron chi connectivity index (χ0n) is 12.6. The van der Waals surface area contributed by atoms with Crippen LogP contribution in [0.1, 0.15) is 37.1 Å². The van der Waals surface area contributed by atoms with E-state index < -0.39 is 5.92 Å². The molecule has 4 rings (SSSR count). The topological polar surface area (TPSA) is 72.7 Å². The highest BCUT2D eigenvalue weighted by molar-refractivity contribution is 6.31. The first kappa shape index (κ1) is 14.1. The lowest BCUT2D eigenvalue weighted by Gasteiger charge is -2.09. The molecule has 0 aliphatic carbocycles. The van der Waals surface area contributed by atoms with Crippen LogP contribution in [0, 0.1) is 0 Å². The van der Waals surface area contributed by atoms with Gasteiger partial charge in [0.05, 0.1) is 11.1 Å². The van der Waals surface area contributed by atoms with Crippen LogP contribution in [0.5, 0.6) is 0 Å². The third kappa shape index (κ3) is 2.17. The van der Waals surface area contributed by atoms with E-state index in [0.717, 1.165) is 16.6 Å². The molecular weight excluding hydrogens is 314 g/mol. The van der Waals surface area contributed by atoms with Crippen molar-refractivity contribution in [3.05, 3.63) is 47.0 Å². The monoisotopic (exact) mass is 327 g/mol. The van der Waals surface area contributed by atoms with Crippen molar-refractivity contribution in [3.63, 3.8) is 0 Å². The van der Waals surface area contributed by atoms with Gasteiger partial charge in [-0.05, 0) is 37.6 Å². The average Bonchev–Trinajstić information content (AvgIpc) is 3.07. The molecule has 1 atom stereocenters. The van der Waals surface area contributed by atoms with Crippen LogP contribution < -0.4 is 5.32 Å². The number of carbonyl (C=O) groups is 1. The van der Waals surface area contributed by atoms with Gasteiger partial charge >= 0.3 is 0 Å². The van der Waals surface area contributed by atoms with E-state index >= 15 is 0 Å². The summed E-state index contributed by atoms with van der Waals surface area (Å²) in [5.74, 6) is -0.612. The Balaban J connectivity index is 1.93. The molecule has 1 amide bonds. The average molecular weight is 328 g/mol. The van der Waals surface area contributed by atoms with Gasteiger partial charge in [0.1, 0.15) is 12.2 Å². The minimum Gasteiger partial charge on any atom is -0.325 e. The number of nitrogens with one attached hydrogen (secondary N) is 1. The Bertz CT molecular complexity index is 933. The van der Waals surface area contributed by atoms with E-state index in [-0.39, 0.29) is 11.9 Å². The summed E-state index contributed by atoms with van der Waals surface area (Å²) >= 11 is 6.10. The predicted molar refractivity (Wildman–Crippen MR) is 87.6 cm³/mol. The number of nitrogens with zero attached hydrogens (tertiary/aromatic N) is 4. The normalized spacial score (nSPS) is 16.9. The van der Waals surface area contributed by atoms with Gasteiger partial charge in [-0.25, -0.2) is 9.97 Å². The maximum atomic E-state index is 12.5. The first-order valence-electron chi connectivity index (χ1n) is 7.34. The molecular formula is C16H14ClN5O. The van der Waals surface area contributed by atoms with Gasteiger partial charge in [-0.2, -0.15) is 5.10 Å². The van der Waals surface area contributed by atoms with Crippen LogP contribution >= 0.6 is 11.6 Å². The van der Waals surface area contributed by atoms with Crippen molar-refractivity contribution in [1.29, 1.82) is 0 Å². The van der Waals surface area contributed by atoms with Crippen molar-refractivity contribution < 1.29 is 4.79 Å². The summed E-state index contributed by atoms with van der Waals surface area (Å²) in [4.78, 5) is 21.1. The van der Waals surface area contributed by atoms with Crippen LogP contribution in [-0.2, 0) is 4.79 Å². The molecule has 0 spiro atoms. The lowest BCUT2D eigenvalue weighted by Crippen LogP contribution is -2.14. The molecule has 0 radical (unpaired) electrons. The maximum absolute atomic E-state index is 12.5. The summed E-state index contributed by atoms with van der Waals surface area (Å²) in [6.45, 7) is 4.08. The number of fused-ring (bicyclic) bond motifs is 2. The minimum absolute atomic E-state index is 0.112. The Morgan fingerprint density at radius 2 is 2.13 bits per heavy atom. The molecule has 6 nitrogen and oxygen atoms in total. The molecule has 23 heavy (non-hydrogen) atoms. The molecule has 3 heterocycles. The maximum Gasteiger partial charge on any atom is 0.238 e. The van der Waals surface area contributed by atoms with E-state index in [0.29, 0.717) is 16.4 Å². The fourth-order valence-electron chi connectivity index (χ4n) is 2.87. The van der Waals surface area contributed by atoms with E-state index in [9.17, 15) is 4.79 Å². The van der Waals surface area contributed by atoms with Gasteiger partial charge in [-0.1, -0.05) is 11.6 Å². The van der Waals surface area contributed by atoms with Crippen LogP contribution in [0.25, 0.3) is 11.0 Å². The second-order valence-corrected chi connectivity index (χ2v) is 6.29. The summed E-state index contributed by atoms with van der Waals surface area (Å²) in [6.07, 6.45) is 3.34. The summed E-state index contributed by atoms with van der Waals surface area (Å²) < 4.78 is 1.83. The quantitative estimate of drug-likeness (QED) is 0.784. The predicted octanol–water partition coefficient (Wildman–Crippen LogP) is 3.14. The van der Waals surface area contributed by atoms with Crippen LogP contribution in [0.15, 0.2) is 30.7 Å². The first-order valence-corrected chi connectivity index (χ1v) is 7.72. The van der Waals surface area contributed by atoms with Gasteiger partial charge in [0, 0.05) is 22.9 Å². The molecule has 0 bridgehead atoms. The highest BCUT2D eigenvalue weighted by Crippen LogP contribution is 2.39. The fourth-order valence-corrected chi connectivity index (χ4v) is 3.05. The fraction of sp³-hybridized carbons (Fsp3) is 0.250. The smallest absolute Gasteiger partial charge is 0.238 e. The minimum atomic E-state index is -0.501. The van der Waals surface area contributed by atoms with Crippen molar-refractivity contribution in [2.24, 2.45) is 0 Å². The summed E-state index contributed by atoms with van der Waals surface area (Å²) in [7, 11) is 0. The Kier molecular flexibility index (Phi) is 3.09. The Hall–Kier alpha value is -2.47. The molecule has 1 N–H and O–H groups in total. The van der Waals surface area contributed by atoms with Gasteiger partial charge in [0.2, 0.25) is 5.91 Å². The van der Waals surface area contributed by atoms with Gasteiger partial charge in [-0.15, -0.1) is 0 Å². The number of amides is 1. The molecule has 0 saturated heterocycles. The summed E-state index contributed by atoms with van der Waals surface area (Å²) in [5, 5.41) is 8.71. The first-order chi connectivity index (χ1) is 11.0. The Morgan fingerprint density at radius 3 is 2.91 bits per heavy atom. The van der Waals surface area contributed by atoms with Crippen LogP contribution in [-0.4, -0.2) is 25.7 Å². The molecule has 1 aliphatic rings. The molecule has 3 aromatic rings. The van der Waals surface area contributed by atoms with E-state index in [2.05, 4.69) is 20.4 Å². The number of anilines is 1. The summed E-state index contributed by atoms with van der Waals surface area (Å²) in [6, 6.07) is 5.58. The van der Waals surface area contributed by atoms with Gasteiger partial charge in [0.15, 0.2) is 5.65 Å². The van der Waals surface area contributed by atoms with Crippen molar-refractivity contribution in [3.8, 4) is 0 Å². The Morgan fingerprint density at radius 1 is 1.30 bits per heavy atom. The number of halogens is 1. The standard InChI is InChI=1S/C16H14ClN5O/c1-8(2)22-6-11-14(18-7-19-15(11)21-22)13-10-5-9(17)3-4-12(10)20-16(13)23/h3-8,13H,1-2H3,(H,20,23). The SMILES string of the molecule is CC(C)n1cc2c(C3C(=O)Nc4ccc(Cl)cc43)ncnc2n1. The lowest BCUT2D eigenvalue weighted by atomic mass is 9.95. The van der Waals surface area contributed by atoms with E-state index in [4.69, 9.17) is 11.6 Å². The second-order valence-electron chi connectivity index (χ2n) is 5.85. The van der Waals surface area contributed by atoms with E-state index in [1.165, 1.54) is 6.33 Å². The number of aromatic nitrogens is 4. The van der Waals surface area contributed by atoms with E-state index in [1.807, 2.05) is 30.8 Å². The van der Waals surface area contributed by atoms with Crippen molar-refractivity contribution in [1.82, 2.24) is 19.7 Å². The number of benzene rings is 1. The van der Waals surface area contributed by atoms with Gasteiger partial charge in [-0.3, -0.25) is 9.48 Å². The number of hydrogen-bond acceptors (Lipinski definition) is 4. The molecule has 116 valence electrons. The van der Waals surface area contributed by atoms with Crippen molar-refractivity contribution in [2.45, 2.75) is 25.8 Å². The van der Waals surface area contributed by atoms with Crippen molar-refractivity contribution in [2.75, 3.05) is 5.32 Å². The number of hydrogen-bond donors (Lipinski definition) is 1. The van der Waals surface area contributed by atoms with E-state index in [1.54, 1.807) is 12.1 Å². The van der Waals surface area contributed by atoms with Gasteiger partial charge < -0.3 is 5.32 Å². The number of carbonyl (C=O) groups excluding carboxylic acids is 1. The van der Waals surface area contributed by atoms with Crippen LogP contribution in [0.4, 0.5) is 5.69 Å². The molecule has 2 aromatic heterocycles. The largest absolute Gasteiger partial charge is 0.325 e. The van der Waals surface area contributed by atoms with Gasteiger partial charge in [0.25, 0.3) is 0 Å². The number of rotatable bonds is 2. The highest BCUT2D eigenvalue weighted by Gasteiger charge is 2.35. The third-order valence-electron chi connectivity index (χ3n) is 4.01. The van der Waals surface area contributed by atoms with Crippen molar-refractivity contribution >= 4 is 34.2 Å². The zero-order chi connectivity index (χ0) is 16.1. The molecule has 1 aliphatic heterocycles. The molecule has 1 aromatic carbocycles. The highest BCUT2D eigenvalue weighted by atomic mass is 35.5. The molecule has 1 unspecified atom stereocenters. The zero-order valence-corrected chi connectivity index (χ0v) is 13.4. The lowest BCUT2D eigenvalue weighted by molar-refractivity contribution is -0.116. The second kappa shape index (κ2) is 5.03. The molecule has 0 saturated carbocycles. The Labute approximate surface area is 137 Å². The third-order valence-corrected chi connectivity index (χ3v) is 4.25. The van der Waals surface area contributed by atoms with Crippen LogP contribution in [0.2, 0.25) is 5.02 Å². The van der Waals surface area contributed by atoms with Crippen LogP contribution in [0.3, 0.4) is 0 Å². The summed E-state index contributed by atoms with van der Waals surface area (Å²) in [5.41, 5.74) is 2.85.